The number of benzene rings is 2. The molecule has 13 heteroatoms. The Hall–Kier alpha value is -2.71. The molecule has 1 amide bonds. The molecule has 4 atom stereocenters. The molecule has 0 saturated heterocycles. The molecule has 2 N–H and O–H groups in total. The van der Waals surface area contributed by atoms with Crippen molar-refractivity contribution in [3.8, 4) is 5.75 Å². The molecule has 0 saturated carbocycles. The van der Waals surface area contributed by atoms with E-state index < -0.39 is 38.1 Å². The third-order valence-electron chi connectivity index (χ3n) is 7.24. The van der Waals surface area contributed by atoms with E-state index in [1.807, 2.05) is 13.8 Å². The number of anilines is 1. The van der Waals surface area contributed by atoms with Gasteiger partial charge in [-0.3, -0.25) is 9.52 Å². The number of nitrogens with zero attached hydrogens (tertiary/aromatic N) is 2. The van der Waals surface area contributed by atoms with Gasteiger partial charge in [-0.1, -0.05) is 25.1 Å². The molecule has 11 nitrogen and oxygen atoms in total. The number of amides is 1. The number of aliphatic hydroxyl groups excluding tert-OH is 1. The van der Waals surface area contributed by atoms with E-state index in [1.54, 1.807) is 49.4 Å². The highest BCUT2D eigenvalue weighted by Gasteiger charge is 2.32. The van der Waals surface area contributed by atoms with Crippen molar-refractivity contribution in [2.24, 2.45) is 5.92 Å². The second kappa shape index (κ2) is 14.6. The van der Waals surface area contributed by atoms with Gasteiger partial charge >= 0.3 is 0 Å². The first-order valence-electron chi connectivity index (χ1n) is 14.1. The van der Waals surface area contributed by atoms with Gasteiger partial charge in [-0.2, -0.15) is 4.31 Å². The second-order valence-electron chi connectivity index (χ2n) is 11.0. The van der Waals surface area contributed by atoms with Crippen molar-refractivity contribution in [2.45, 2.75) is 63.2 Å². The quantitative estimate of drug-likeness (QED) is 0.456. The SMILES string of the molecule is C[C@H]1CCCCO[C@@H](CN(C)S(=O)(=O)c2ccccc2)[C@@H](C)CN([C@@H](C)CO)C(=O)c2cc(NS(C)(=O)=O)ccc2O1. The van der Waals surface area contributed by atoms with Crippen molar-refractivity contribution >= 4 is 31.6 Å². The summed E-state index contributed by atoms with van der Waals surface area (Å²) < 4.78 is 66.4. The Kier molecular flexibility index (Phi) is 11.8. The molecular weight excluding hydrogens is 582 g/mol. The lowest BCUT2D eigenvalue weighted by Gasteiger charge is -2.35. The maximum absolute atomic E-state index is 14.1. The number of nitrogens with one attached hydrogen (secondary N) is 1. The molecule has 0 aromatic heterocycles. The number of sulfonamides is 2. The fourth-order valence-electron chi connectivity index (χ4n) is 4.79. The molecule has 3 rings (SSSR count). The second-order valence-corrected chi connectivity index (χ2v) is 14.8. The van der Waals surface area contributed by atoms with E-state index in [9.17, 15) is 26.7 Å². The molecule has 2 aromatic carbocycles. The summed E-state index contributed by atoms with van der Waals surface area (Å²) in [5, 5.41) is 10.1. The first-order chi connectivity index (χ1) is 19.7. The molecule has 1 heterocycles. The third-order valence-corrected chi connectivity index (χ3v) is 9.69. The topological polar surface area (TPSA) is 143 Å². The first-order valence-corrected chi connectivity index (χ1v) is 17.4. The number of rotatable bonds is 8. The maximum atomic E-state index is 14.1. The summed E-state index contributed by atoms with van der Waals surface area (Å²) in [4.78, 5) is 15.7. The molecule has 0 spiro atoms. The van der Waals surface area contributed by atoms with E-state index in [1.165, 1.54) is 22.3 Å². The Balaban J connectivity index is 1.98. The zero-order chi connectivity index (χ0) is 31.1. The predicted molar refractivity (Wildman–Crippen MR) is 162 cm³/mol. The van der Waals surface area contributed by atoms with Crippen molar-refractivity contribution in [2.75, 3.05) is 44.3 Å². The Labute approximate surface area is 249 Å². The first kappa shape index (κ1) is 33.8. The van der Waals surface area contributed by atoms with E-state index in [2.05, 4.69) is 4.72 Å². The van der Waals surface area contributed by atoms with Crippen LogP contribution < -0.4 is 9.46 Å². The summed E-state index contributed by atoms with van der Waals surface area (Å²) in [6, 6.07) is 12.1. The van der Waals surface area contributed by atoms with Crippen molar-refractivity contribution in [3.63, 3.8) is 0 Å². The minimum atomic E-state index is -3.77. The number of likely N-dealkylation sites (N-methyl/N-ethyl adjacent to an activating group) is 1. The van der Waals surface area contributed by atoms with E-state index >= 15 is 0 Å². The molecule has 1 aliphatic rings. The zero-order valence-corrected chi connectivity index (χ0v) is 26.5. The van der Waals surface area contributed by atoms with Gasteiger partial charge in [-0.25, -0.2) is 16.8 Å². The Morgan fingerprint density at radius 1 is 1.10 bits per heavy atom. The molecule has 234 valence electrons. The summed E-state index contributed by atoms with van der Waals surface area (Å²) in [5.74, 6) is -0.475. The van der Waals surface area contributed by atoms with Gasteiger partial charge < -0.3 is 19.5 Å². The Morgan fingerprint density at radius 2 is 1.79 bits per heavy atom. The highest BCUT2D eigenvalue weighted by Crippen LogP contribution is 2.29. The van der Waals surface area contributed by atoms with E-state index in [4.69, 9.17) is 9.47 Å². The number of aliphatic hydroxyl groups is 1. The zero-order valence-electron chi connectivity index (χ0n) is 24.9. The van der Waals surface area contributed by atoms with Crippen molar-refractivity contribution in [1.29, 1.82) is 0 Å². The van der Waals surface area contributed by atoms with Gasteiger partial charge in [-0.05, 0) is 63.4 Å². The third kappa shape index (κ3) is 9.14. The highest BCUT2D eigenvalue weighted by atomic mass is 32.2. The molecule has 1 aliphatic heterocycles. The van der Waals surface area contributed by atoms with Gasteiger partial charge in [0.1, 0.15) is 5.75 Å². The molecule has 0 bridgehead atoms. The largest absolute Gasteiger partial charge is 0.490 e. The molecule has 0 unspecified atom stereocenters. The van der Waals surface area contributed by atoms with Crippen molar-refractivity contribution in [1.82, 2.24) is 9.21 Å². The standard InChI is InChI=1S/C29H43N3O8S2/c1-21-18-32(22(2)20-33)29(34)26-17-24(30-41(5,35)36)14-15-27(26)40-23(3)11-9-10-16-39-28(21)19-31(4)42(37,38)25-12-7-6-8-13-25/h6-8,12-15,17,21-23,28,30,33H,9-11,16,18-20H2,1-5H3/t21-,22-,23-,28-/m0/s1. The van der Waals surface area contributed by atoms with Crippen LogP contribution in [0.5, 0.6) is 5.75 Å². The lowest BCUT2D eigenvalue weighted by molar-refractivity contribution is -0.00833. The normalized spacial score (nSPS) is 22.1. The van der Waals surface area contributed by atoms with Crippen LogP contribution in [0.4, 0.5) is 5.69 Å². The van der Waals surface area contributed by atoms with Crippen LogP contribution in [0.15, 0.2) is 53.4 Å². The summed E-state index contributed by atoms with van der Waals surface area (Å²) >= 11 is 0. The van der Waals surface area contributed by atoms with Crippen LogP contribution in [-0.2, 0) is 24.8 Å². The Bertz CT molecular complexity index is 1400. The molecule has 0 aliphatic carbocycles. The molecule has 2 aromatic rings. The van der Waals surface area contributed by atoms with Gasteiger partial charge in [0.25, 0.3) is 5.91 Å². The maximum Gasteiger partial charge on any atom is 0.258 e. The predicted octanol–water partition coefficient (Wildman–Crippen LogP) is 3.17. The van der Waals surface area contributed by atoms with Crippen molar-refractivity contribution in [3.05, 3.63) is 54.1 Å². The van der Waals surface area contributed by atoms with Crippen LogP contribution >= 0.6 is 0 Å². The average Bonchev–Trinajstić information content (AvgIpc) is 2.94. The van der Waals surface area contributed by atoms with Crippen LogP contribution in [0.1, 0.15) is 50.4 Å². The number of hydrogen-bond donors (Lipinski definition) is 2. The monoisotopic (exact) mass is 625 g/mol. The smallest absolute Gasteiger partial charge is 0.258 e. The molecule has 0 fully saturated rings. The van der Waals surface area contributed by atoms with Crippen LogP contribution in [0.2, 0.25) is 0 Å². The minimum Gasteiger partial charge on any atom is -0.490 e. The Morgan fingerprint density at radius 3 is 2.43 bits per heavy atom. The van der Waals surface area contributed by atoms with E-state index in [0.717, 1.165) is 19.1 Å². The van der Waals surface area contributed by atoms with Gasteiger partial charge in [-0.15, -0.1) is 0 Å². The van der Waals surface area contributed by atoms with E-state index in [0.29, 0.717) is 18.8 Å². The van der Waals surface area contributed by atoms with Gasteiger partial charge in [0.15, 0.2) is 0 Å². The van der Waals surface area contributed by atoms with E-state index in [-0.39, 0.29) is 47.9 Å². The lowest BCUT2D eigenvalue weighted by Crippen LogP contribution is -2.48. The van der Waals surface area contributed by atoms with Gasteiger partial charge in [0.2, 0.25) is 20.0 Å². The minimum absolute atomic E-state index is 0.0620. The van der Waals surface area contributed by atoms with Crippen LogP contribution in [0, 0.1) is 5.92 Å². The summed E-state index contributed by atoms with van der Waals surface area (Å²) in [5.41, 5.74) is 0.363. The molecular formula is C29H43N3O8S2. The van der Waals surface area contributed by atoms with Crippen LogP contribution in [0.25, 0.3) is 0 Å². The van der Waals surface area contributed by atoms with Gasteiger partial charge in [0, 0.05) is 38.3 Å². The lowest BCUT2D eigenvalue weighted by atomic mass is 10.0. The van der Waals surface area contributed by atoms with Crippen LogP contribution in [-0.4, -0.2) is 94.9 Å². The number of carbonyl (C=O) groups excluding carboxylic acids is 1. The molecule has 0 radical (unpaired) electrons. The number of hydrogen-bond acceptors (Lipinski definition) is 8. The number of ether oxygens (including phenoxy) is 2. The van der Waals surface area contributed by atoms with Gasteiger partial charge in [0.05, 0.1) is 41.6 Å². The number of fused-ring (bicyclic) bond motifs is 1. The fraction of sp³-hybridized carbons (Fsp3) is 0.552. The number of carbonyl (C=O) groups is 1. The highest BCUT2D eigenvalue weighted by molar-refractivity contribution is 7.92. The van der Waals surface area contributed by atoms with Crippen molar-refractivity contribution < 1.29 is 36.2 Å². The summed E-state index contributed by atoms with van der Waals surface area (Å²) in [7, 11) is -5.87. The summed E-state index contributed by atoms with van der Waals surface area (Å²) in [6.45, 7) is 5.77. The fourth-order valence-corrected chi connectivity index (χ4v) is 6.55. The average molecular weight is 626 g/mol. The van der Waals surface area contributed by atoms with Crippen LogP contribution in [0.3, 0.4) is 0 Å². The molecule has 42 heavy (non-hydrogen) atoms. The summed E-state index contributed by atoms with van der Waals surface area (Å²) in [6.07, 6.45) is 2.42.